The smallest absolute Gasteiger partial charge is 0.306 e. The lowest BCUT2D eigenvalue weighted by molar-refractivity contribution is -0.150. The summed E-state index contributed by atoms with van der Waals surface area (Å²) < 4.78 is 5.63. The Hall–Kier alpha value is -3.88. The summed E-state index contributed by atoms with van der Waals surface area (Å²) >= 11 is 0. The van der Waals surface area contributed by atoms with Crippen molar-refractivity contribution in [2.45, 2.75) is 71.4 Å². The van der Waals surface area contributed by atoms with E-state index in [1.807, 2.05) is 50.3 Å². The highest BCUT2D eigenvalue weighted by Crippen LogP contribution is 2.33. The monoisotopic (exact) mass is 594 g/mol. The van der Waals surface area contributed by atoms with Crippen LogP contribution in [0.3, 0.4) is 0 Å². The number of likely N-dealkylation sites (N-methyl/N-ethyl adjacent to an activating group) is 1. The molecule has 3 N–H and O–H groups in total. The number of carbonyl (C=O) groups excluding carboxylic acids is 4. The summed E-state index contributed by atoms with van der Waals surface area (Å²) in [5.74, 6) is 0.100. The number of ether oxygens (including phenoxy) is 1. The van der Waals surface area contributed by atoms with Gasteiger partial charge in [-0.15, -0.1) is 0 Å². The molecule has 8 nitrogen and oxygen atoms in total. The van der Waals surface area contributed by atoms with E-state index in [1.54, 1.807) is 24.1 Å². The van der Waals surface area contributed by atoms with Crippen LogP contribution in [0.4, 0.5) is 0 Å². The molecule has 8 heteroatoms. The summed E-state index contributed by atoms with van der Waals surface area (Å²) in [5, 5.41) is 8.32. The molecule has 236 valence electrons. The highest BCUT2D eigenvalue weighted by molar-refractivity contribution is 5.90. The topological polar surface area (TPSA) is 127 Å². The van der Waals surface area contributed by atoms with Gasteiger partial charge in [0.2, 0.25) is 5.91 Å². The Labute approximate surface area is 257 Å². The standard InChI is InChI=1S/C20H20O3.C10H17NO2.C5H13NO/c1-3-15-11-12-17-8-5-6-9-18(17)19(14-16(15)4-2)23-20(22)10-7-13-21;1-9(2)6-7-11(3)10(13)5-4-8-12;1-5(2,6)3-4-7/h3-6,8-9,11-13,19H,1-2,7,10,14H2;4-5,8-9H,6-7H2,1-3H3;7H,3-4,6H2,1-2H3/b12-11-,16-15-;5-4-;. The first-order valence-corrected chi connectivity index (χ1v) is 14.5. The number of fused-ring (bicyclic) bond motifs is 1. The number of hydrogen-bond donors (Lipinski definition) is 2. The van der Waals surface area contributed by atoms with Crippen LogP contribution in [-0.4, -0.2) is 60.2 Å². The number of carbonyl (C=O) groups is 4. The van der Waals surface area contributed by atoms with E-state index in [1.165, 1.54) is 12.2 Å². The van der Waals surface area contributed by atoms with Crippen molar-refractivity contribution in [1.29, 1.82) is 0 Å². The minimum atomic E-state index is -0.404. The average Bonchev–Trinajstić information content (AvgIpc) is 2.95. The second-order valence-corrected chi connectivity index (χ2v) is 11.1. The van der Waals surface area contributed by atoms with Crippen LogP contribution < -0.4 is 5.73 Å². The number of hydrogen-bond acceptors (Lipinski definition) is 7. The van der Waals surface area contributed by atoms with Gasteiger partial charge >= 0.3 is 5.97 Å². The van der Waals surface area contributed by atoms with Crippen molar-refractivity contribution in [3.05, 3.63) is 90.1 Å². The van der Waals surface area contributed by atoms with Gasteiger partial charge in [0, 0.05) is 44.7 Å². The fraction of sp³-hybridized carbons (Fsp3) is 0.429. The molecule has 43 heavy (non-hydrogen) atoms. The molecule has 2 rings (SSSR count). The number of esters is 1. The molecule has 0 aliphatic heterocycles. The van der Waals surface area contributed by atoms with Crippen LogP contribution in [0.5, 0.6) is 0 Å². The van der Waals surface area contributed by atoms with E-state index in [0.29, 0.717) is 25.0 Å². The lowest BCUT2D eigenvalue weighted by Crippen LogP contribution is -2.32. The minimum absolute atomic E-state index is 0.0967. The highest BCUT2D eigenvalue weighted by atomic mass is 16.5. The van der Waals surface area contributed by atoms with Gasteiger partial charge < -0.3 is 25.3 Å². The molecular formula is C35H50N2O6. The van der Waals surface area contributed by atoms with Crippen LogP contribution in [0, 0.1) is 5.92 Å². The summed E-state index contributed by atoms with van der Waals surface area (Å²) in [6.07, 6.45) is 13.4. The lowest BCUT2D eigenvalue weighted by Gasteiger charge is -2.23. The van der Waals surface area contributed by atoms with E-state index in [0.717, 1.165) is 41.5 Å². The molecule has 1 atom stereocenters. The van der Waals surface area contributed by atoms with Gasteiger partial charge in [-0.3, -0.25) is 14.4 Å². The number of aliphatic hydroxyl groups excluding tert-OH is 1. The first-order valence-electron chi connectivity index (χ1n) is 14.5. The van der Waals surface area contributed by atoms with Crippen LogP contribution in [0.2, 0.25) is 0 Å². The maximum Gasteiger partial charge on any atom is 0.306 e. The Balaban J connectivity index is 0.000000742. The first kappa shape index (κ1) is 39.1. The van der Waals surface area contributed by atoms with Crippen molar-refractivity contribution in [2.75, 3.05) is 20.2 Å². The Kier molecular flexibility index (Phi) is 19.8. The van der Waals surface area contributed by atoms with Gasteiger partial charge in [0.25, 0.3) is 0 Å². The molecule has 0 saturated carbocycles. The van der Waals surface area contributed by atoms with E-state index in [4.69, 9.17) is 15.6 Å². The third-order valence-corrected chi connectivity index (χ3v) is 6.26. The zero-order valence-corrected chi connectivity index (χ0v) is 26.5. The van der Waals surface area contributed by atoms with Crippen molar-refractivity contribution in [3.63, 3.8) is 0 Å². The third-order valence-electron chi connectivity index (χ3n) is 6.26. The van der Waals surface area contributed by atoms with E-state index in [9.17, 15) is 19.2 Å². The Morgan fingerprint density at radius 3 is 2.35 bits per heavy atom. The van der Waals surface area contributed by atoms with E-state index < -0.39 is 6.10 Å². The van der Waals surface area contributed by atoms with Crippen LogP contribution in [-0.2, 0) is 23.9 Å². The molecule has 1 aromatic carbocycles. The predicted molar refractivity (Wildman–Crippen MR) is 174 cm³/mol. The third kappa shape index (κ3) is 17.6. The van der Waals surface area contributed by atoms with Gasteiger partial charge in [0.05, 0.1) is 6.42 Å². The zero-order chi connectivity index (χ0) is 32.8. The second-order valence-electron chi connectivity index (χ2n) is 11.1. The largest absolute Gasteiger partial charge is 0.457 e. The fourth-order valence-electron chi connectivity index (χ4n) is 3.67. The molecular weight excluding hydrogens is 544 g/mol. The van der Waals surface area contributed by atoms with Crippen LogP contribution in [0.1, 0.15) is 77.0 Å². The summed E-state index contributed by atoms with van der Waals surface area (Å²) in [6.45, 7) is 16.6. The Morgan fingerprint density at radius 2 is 1.84 bits per heavy atom. The molecule has 1 aliphatic carbocycles. The van der Waals surface area contributed by atoms with E-state index in [2.05, 4.69) is 27.0 Å². The van der Waals surface area contributed by atoms with Crippen molar-refractivity contribution in [1.82, 2.24) is 4.90 Å². The molecule has 0 heterocycles. The van der Waals surface area contributed by atoms with Crippen molar-refractivity contribution in [2.24, 2.45) is 11.7 Å². The Bertz CT molecular complexity index is 1140. The number of aliphatic hydroxyl groups is 1. The van der Waals surface area contributed by atoms with Crippen LogP contribution in [0.25, 0.3) is 6.08 Å². The average molecular weight is 595 g/mol. The number of amides is 1. The number of nitrogens with two attached hydrogens (primary N) is 1. The molecule has 0 bridgehead atoms. The summed E-state index contributed by atoms with van der Waals surface area (Å²) in [4.78, 5) is 45.1. The normalized spacial score (nSPS) is 16.6. The van der Waals surface area contributed by atoms with E-state index >= 15 is 0 Å². The lowest BCUT2D eigenvalue weighted by atomic mass is 9.91. The van der Waals surface area contributed by atoms with Crippen molar-refractivity contribution >= 4 is 30.5 Å². The van der Waals surface area contributed by atoms with Gasteiger partial charge in [0.15, 0.2) is 0 Å². The molecule has 1 unspecified atom stereocenters. The minimum Gasteiger partial charge on any atom is -0.457 e. The maximum absolute atomic E-state index is 12.0. The molecule has 0 aromatic heterocycles. The molecule has 1 aliphatic rings. The van der Waals surface area contributed by atoms with Gasteiger partial charge in [-0.1, -0.05) is 75.6 Å². The molecule has 1 amide bonds. The number of allylic oxidation sites excluding steroid dienone is 5. The van der Waals surface area contributed by atoms with Crippen LogP contribution in [0.15, 0.2) is 78.9 Å². The molecule has 1 aromatic rings. The van der Waals surface area contributed by atoms with Gasteiger partial charge in [0.1, 0.15) is 18.7 Å². The first-order chi connectivity index (χ1) is 20.3. The number of benzene rings is 1. The van der Waals surface area contributed by atoms with Gasteiger partial charge in [-0.05, 0) is 61.0 Å². The van der Waals surface area contributed by atoms with Gasteiger partial charge in [-0.25, -0.2) is 0 Å². The van der Waals surface area contributed by atoms with Crippen molar-refractivity contribution < 1.29 is 29.0 Å². The summed E-state index contributed by atoms with van der Waals surface area (Å²) in [7, 11) is 1.74. The highest BCUT2D eigenvalue weighted by Gasteiger charge is 2.22. The SMILES string of the molecule is C=CC1=C(\C=C)CC(OC(=O)CCC=O)c2ccccc2/C=C\1.CC(C)(N)CCO.CC(C)CCN(C)C(=O)/C=C\C=O. The van der Waals surface area contributed by atoms with E-state index in [-0.39, 0.29) is 36.9 Å². The summed E-state index contributed by atoms with van der Waals surface area (Å²) in [6, 6.07) is 7.81. The van der Waals surface area contributed by atoms with Crippen molar-refractivity contribution in [3.8, 4) is 0 Å². The second kappa shape index (κ2) is 21.8. The Morgan fingerprint density at radius 1 is 1.16 bits per heavy atom. The maximum atomic E-state index is 12.0. The summed E-state index contributed by atoms with van der Waals surface area (Å²) in [5.41, 5.74) is 9.17. The zero-order valence-electron chi connectivity index (χ0n) is 26.5. The number of rotatable bonds is 13. The van der Waals surface area contributed by atoms with Gasteiger partial charge in [-0.2, -0.15) is 0 Å². The van der Waals surface area contributed by atoms with Crippen LogP contribution >= 0.6 is 0 Å². The molecule has 0 radical (unpaired) electrons. The fourth-order valence-corrected chi connectivity index (χ4v) is 3.67. The molecule has 0 saturated heterocycles. The quantitative estimate of drug-likeness (QED) is 0.171. The number of aldehydes is 2. The number of nitrogens with zero attached hydrogens (tertiary/aromatic N) is 1. The predicted octanol–water partition coefficient (Wildman–Crippen LogP) is 5.69. The molecule has 0 fully saturated rings. The molecule has 0 spiro atoms.